The highest BCUT2D eigenvalue weighted by atomic mass is 32.2. The van der Waals surface area contributed by atoms with E-state index in [2.05, 4.69) is 0 Å². The summed E-state index contributed by atoms with van der Waals surface area (Å²) in [6.45, 7) is 9.56. The molecule has 0 saturated carbocycles. The van der Waals surface area contributed by atoms with E-state index in [1.165, 1.54) is 0 Å². The fourth-order valence-corrected chi connectivity index (χ4v) is 5.14. The summed E-state index contributed by atoms with van der Waals surface area (Å²) in [6, 6.07) is 0. The summed E-state index contributed by atoms with van der Waals surface area (Å²) in [5, 5.41) is -1.26. The molecular weight excluding hydrogens is 536 g/mol. The van der Waals surface area contributed by atoms with Gasteiger partial charge in [0.2, 0.25) is 0 Å². The van der Waals surface area contributed by atoms with Crippen LogP contribution >= 0.6 is 0 Å². The van der Waals surface area contributed by atoms with Crippen molar-refractivity contribution in [1.82, 2.24) is 0 Å². The molecule has 12 heteroatoms. The molecule has 0 aromatic rings. The average Bonchev–Trinajstić information content (AvgIpc) is 2.85. The summed E-state index contributed by atoms with van der Waals surface area (Å²) in [5.41, 5.74) is 0. The number of unbranched alkanes of at least 4 members (excludes halogenated alkanes) is 2. The SMILES string of the molecule is CCCCC(=O)CC(C)C(COCCOCCOCCOCC(C(C)CC(=O)CCCC)S(=O)O)S(=O)O. The Balaban J connectivity index is 3.92. The molecule has 0 aliphatic heterocycles. The lowest BCUT2D eigenvalue weighted by Crippen LogP contribution is -2.31. The van der Waals surface area contributed by atoms with Crippen LogP contribution in [0.25, 0.3) is 0 Å². The van der Waals surface area contributed by atoms with Crippen LogP contribution in [0.2, 0.25) is 0 Å². The maximum Gasteiger partial charge on any atom is 0.158 e. The van der Waals surface area contributed by atoms with Gasteiger partial charge in [-0.25, -0.2) is 8.42 Å². The largest absolute Gasteiger partial charge is 0.378 e. The first-order chi connectivity index (χ1) is 18.1. The second kappa shape index (κ2) is 24.2. The summed E-state index contributed by atoms with van der Waals surface area (Å²) >= 11 is -4.16. The Hall–Kier alpha value is -0.600. The maximum atomic E-state index is 12.0. The summed E-state index contributed by atoms with van der Waals surface area (Å²) < 4.78 is 64.3. The molecule has 2 N–H and O–H groups in total. The number of ether oxygens (including phenoxy) is 4. The van der Waals surface area contributed by atoms with Crippen LogP contribution in [0.1, 0.15) is 79.1 Å². The van der Waals surface area contributed by atoms with Crippen LogP contribution in [0.15, 0.2) is 0 Å². The minimum Gasteiger partial charge on any atom is -0.378 e. The van der Waals surface area contributed by atoms with E-state index < -0.39 is 32.7 Å². The molecule has 0 aromatic heterocycles. The van der Waals surface area contributed by atoms with Gasteiger partial charge in [0.05, 0.1) is 63.4 Å². The number of ketones is 2. The van der Waals surface area contributed by atoms with Crippen LogP contribution in [-0.4, -0.2) is 92.4 Å². The Bertz CT molecular complexity index is 620. The summed E-state index contributed by atoms with van der Waals surface area (Å²) in [6.07, 6.45) is 5.08. The molecule has 0 radical (unpaired) electrons. The van der Waals surface area contributed by atoms with E-state index in [1.54, 1.807) is 13.8 Å². The fourth-order valence-electron chi connectivity index (χ4n) is 3.73. The van der Waals surface area contributed by atoms with Crippen molar-refractivity contribution in [2.75, 3.05) is 52.9 Å². The number of Topliss-reactive ketones (excluding diaryl/α,β-unsaturated/α-hetero) is 2. The molecule has 0 aromatic carbocycles. The molecule has 38 heavy (non-hydrogen) atoms. The molecule has 6 atom stereocenters. The van der Waals surface area contributed by atoms with Gasteiger partial charge in [0.25, 0.3) is 0 Å². The van der Waals surface area contributed by atoms with Gasteiger partial charge in [-0.2, -0.15) is 0 Å². The standard InChI is InChI=1S/C26H50O10S2/c1-5-7-9-23(27)17-21(3)25(37(29)30)19-35-15-13-33-11-12-34-14-16-36-20-26(38(31)32)22(4)18-24(28)10-8-6-2/h21-22,25-26H,5-20H2,1-4H3,(H,29,30)(H,31,32). The van der Waals surface area contributed by atoms with E-state index >= 15 is 0 Å². The Morgan fingerprint density at radius 1 is 0.632 bits per heavy atom. The van der Waals surface area contributed by atoms with Crippen molar-refractivity contribution in [1.29, 1.82) is 0 Å². The highest BCUT2D eigenvalue weighted by Gasteiger charge is 2.26. The van der Waals surface area contributed by atoms with Crippen LogP contribution in [0.3, 0.4) is 0 Å². The quantitative estimate of drug-likeness (QED) is 0.108. The van der Waals surface area contributed by atoms with E-state index in [0.29, 0.717) is 39.3 Å². The average molecular weight is 587 g/mol. The maximum absolute atomic E-state index is 12.0. The number of carbonyl (C=O) groups is 2. The third-order valence-corrected chi connectivity index (χ3v) is 8.42. The number of hydrogen-bond acceptors (Lipinski definition) is 8. The van der Waals surface area contributed by atoms with E-state index in [-0.39, 0.29) is 62.7 Å². The minimum absolute atomic E-state index is 0.0771. The van der Waals surface area contributed by atoms with Gasteiger partial charge in [-0.3, -0.25) is 9.59 Å². The zero-order chi connectivity index (χ0) is 28.8. The lowest BCUT2D eigenvalue weighted by Gasteiger charge is -2.20. The van der Waals surface area contributed by atoms with Crippen LogP contribution in [0.5, 0.6) is 0 Å². The first kappa shape index (κ1) is 37.4. The first-order valence-corrected chi connectivity index (χ1v) is 16.0. The Kier molecular flexibility index (Phi) is 23.8. The Morgan fingerprint density at radius 3 is 1.24 bits per heavy atom. The predicted molar refractivity (Wildman–Crippen MR) is 149 cm³/mol. The summed E-state index contributed by atoms with van der Waals surface area (Å²) in [7, 11) is 0. The predicted octanol–water partition coefficient (Wildman–Crippen LogP) is 3.80. The molecular formula is C26H50O10S2. The number of carbonyl (C=O) groups excluding carboxylic acids is 2. The molecule has 6 unspecified atom stereocenters. The molecule has 10 nitrogen and oxygen atoms in total. The lowest BCUT2D eigenvalue weighted by atomic mass is 9.98. The van der Waals surface area contributed by atoms with Crippen molar-refractivity contribution in [3.8, 4) is 0 Å². The molecule has 0 bridgehead atoms. The van der Waals surface area contributed by atoms with Gasteiger partial charge in [0.1, 0.15) is 11.6 Å². The van der Waals surface area contributed by atoms with Gasteiger partial charge in [0.15, 0.2) is 22.2 Å². The minimum atomic E-state index is -2.08. The monoisotopic (exact) mass is 586 g/mol. The van der Waals surface area contributed by atoms with Crippen molar-refractivity contribution < 1.29 is 46.1 Å². The van der Waals surface area contributed by atoms with E-state index in [9.17, 15) is 27.1 Å². The van der Waals surface area contributed by atoms with Gasteiger partial charge in [-0.05, 0) is 24.7 Å². The Labute approximate surface area is 233 Å². The third-order valence-electron chi connectivity index (χ3n) is 6.19. The van der Waals surface area contributed by atoms with E-state index in [0.717, 1.165) is 25.7 Å². The molecule has 0 aliphatic rings. The fraction of sp³-hybridized carbons (Fsp3) is 0.923. The van der Waals surface area contributed by atoms with E-state index in [1.807, 2.05) is 13.8 Å². The lowest BCUT2D eigenvalue weighted by molar-refractivity contribution is -0.120. The topological polar surface area (TPSA) is 146 Å². The van der Waals surface area contributed by atoms with Gasteiger partial charge >= 0.3 is 0 Å². The van der Waals surface area contributed by atoms with Crippen LogP contribution in [0.4, 0.5) is 0 Å². The number of rotatable bonds is 27. The second-order valence-electron chi connectivity index (χ2n) is 9.65. The zero-order valence-corrected chi connectivity index (χ0v) is 25.2. The number of hydrogen-bond donors (Lipinski definition) is 2. The summed E-state index contributed by atoms with van der Waals surface area (Å²) in [4.78, 5) is 23.9. The second-order valence-corrected chi connectivity index (χ2v) is 12.0. The van der Waals surface area contributed by atoms with Crippen LogP contribution in [-0.2, 0) is 50.7 Å². The molecule has 0 fully saturated rings. The molecule has 0 heterocycles. The van der Waals surface area contributed by atoms with Gasteiger partial charge < -0.3 is 28.1 Å². The zero-order valence-electron chi connectivity index (χ0n) is 23.6. The smallest absolute Gasteiger partial charge is 0.158 e. The molecule has 226 valence electrons. The highest BCUT2D eigenvalue weighted by Crippen LogP contribution is 2.17. The molecule has 0 saturated heterocycles. The van der Waals surface area contributed by atoms with Gasteiger partial charge in [0, 0.05) is 25.7 Å². The normalized spacial score (nSPS) is 16.5. The van der Waals surface area contributed by atoms with Crippen molar-refractivity contribution in [2.24, 2.45) is 11.8 Å². The highest BCUT2D eigenvalue weighted by molar-refractivity contribution is 7.80. The Morgan fingerprint density at radius 2 is 0.947 bits per heavy atom. The molecule has 0 amide bonds. The van der Waals surface area contributed by atoms with Crippen molar-refractivity contribution in [3.05, 3.63) is 0 Å². The van der Waals surface area contributed by atoms with Crippen molar-refractivity contribution in [3.63, 3.8) is 0 Å². The summed E-state index contributed by atoms with van der Waals surface area (Å²) in [5.74, 6) is -0.275. The van der Waals surface area contributed by atoms with E-state index in [4.69, 9.17) is 18.9 Å². The third kappa shape index (κ3) is 19.5. The molecule has 0 spiro atoms. The molecule has 0 aliphatic carbocycles. The first-order valence-electron chi connectivity index (χ1n) is 13.7. The van der Waals surface area contributed by atoms with Gasteiger partial charge in [-0.1, -0.05) is 40.5 Å². The molecule has 0 rings (SSSR count). The van der Waals surface area contributed by atoms with Crippen LogP contribution in [0, 0.1) is 11.8 Å². The van der Waals surface area contributed by atoms with Crippen molar-refractivity contribution >= 4 is 33.7 Å². The van der Waals surface area contributed by atoms with Crippen LogP contribution < -0.4 is 0 Å². The van der Waals surface area contributed by atoms with Gasteiger partial charge in [-0.15, -0.1) is 0 Å². The van der Waals surface area contributed by atoms with Crippen molar-refractivity contribution in [2.45, 2.75) is 89.6 Å².